The highest BCUT2D eigenvalue weighted by Gasteiger charge is 2.23. The SMILES string of the molecule is CCCN(C(C)C)C(CNC(C)(C)C)c1ccccc1. The van der Waals surface area contributed by atoms with Crippen molar-refractivity contribution in [2.45, 2.75) is 65.6 Å². The van der Waals surface area contributed by atoms with E-state index in [-0.39, 0.29) is 5.54 Å². The molecule has 0 heterocycles. The van der Waals surface area contributed by atoms with Gasteiger partial charge in [-0.15, -0.1) is 0 Å². The van der Waals surface area contributed by atoms with E-state index >= 15 is 0 Å². The van der Waals surface area contributed by atoms with Crippen molar-refractivity contribution in [2.75, 3.05) is 13.1 Å². The highest BCUT2D eigenvalue weighted by atomic mass is 15.2. The normalized spacial score (nSPS) is 14.0. The van der Waals surface area contributed by atoms with Gasteiger partial charge in [-0.25, -0.2) is 0 Å². The van der Waals surface area contributed by atoms with Gasteiger partial charge in [0.15, 0.2) is 0 Å². The molecular formula is C18H32N2. The molecule has 0 saturated carbocycles. The van der Waals surface area contributed by atoms with E-state index in [1.807, 2.05) is 0 Å². The zero-order valence-corrected chi connectivity index (χ0v) is 14.1. The van der Waals surface area contributed by atoms with Crippen LogP contribution in [0.15, 0.2) is 30.3 Å². The van der Waals surface area contributed by atoms with Gasteiger partial charge >= 0.3 is 0 Å². The Balaban J connectivity index is 2.93. The van der Waals surface area contributed by atoms with E-state index < -0.39 is 0 Å². The average Bonchev–Trinajstić information content (AvgIpc) is 2.37. The molecule has 114 valence electrons. The lowest BCUT2D eigenvalue weighted by molar-refractivity contribution is 0.143. The van der Waals surface area contributed by atoms with Crippen LogP contribution in [0.1, 0.15) is 59.6 Å². The molecule has 0 aliphatic rings. The molecule has 2 nitrogen and oxygen atoms in total. The summed E-state index contributed by atoms with van der Waals surface area (Å²) < 4.78 is 0. The number of rotatable bonds is 7. The summed E-state index contributed by atoms with van der Waals surface area (Å²) in [6, 6.07) is 11.9. The standard InChI is InChI=1S/C18H32N2/c1-7-13-20(15(2)3)17(14-19-18(4,5)6)16-11-9-8-10-12-16/h8-12,15,17,19H,7,13-14H2,1-6H3. The monoisotopic (exact) mass is 276 g/mol. The van der Waals surface area contributed by atoms with E-state index in [0.717, 1.165) is 13.1 Å². The topological polar surface area (TPSA) is 15.3 Å². The number of nitrogens with zero attached hydrogens (tertiary/aromatic N) is 1. The number of benzene rings is 1. The molecule has 2 heteroatoms. The van der Waals surface area contributed by atoms with Crippen molar-refractivity contribution < 1.29 is 0 Å². The van der Waals surface area contributed by atoms with Crippen molar-refractivity contribution in [1.82, 2.24) is 10.2 Å². The van der Waals surface area contributed by atoms with Gasteiger partial charge in [0.1, 0.15) is 0 Å². The Labute approximate surface area is 125 Å². The van der Waals surface area contributed by atoms with E-state index in [1.165, 1.54) is 12.0 Å². The smallest absolute Gasteiger partial charge is 0.0475 e. The van der Waals surface area contributed by atoms with Crippen LogP contribution in [-0.4, -0.2) is 29.6 Å². The summed E-state index contributed by atoms with van der Waals surface area (Å²) in [6.45, 7) is 15.7. The maximum absolute atomic E-state index is 3.67. The van der Waals surface area contributed by atoms with Gasteiger partial charge in [-0.05, 0) is 53.1 Å². The zero-order chi connectivity index (χ0) is 15.2. The van der Waals surface area contributed by atoms with Crippen molar-refractivity contribution in [3.05, 3.63) is 35.9 Å². The summed E-state index contributed by atoms with van der Waals surface area (Å²) in [5.74, 6) is 0. The van der Waals surface area contributed by atoms with Crippen LogP contribution in [0.2, 0.25) is 0 Å². The quantitative estimate of drug-likeness (QED) is 0.801. The van der Waals surface area contributed by atoms with Crippen LogP contribution in [-0.2, 0) is 0 Å². The Morgan fingerprint density at radius 1 is 1.10 bits per heavy atom. The second-order valence-corrected chi connectivity index (χ2v) is 6.89. The summed E-state index contributed by atoms with van der Waals surface area (Å²) in [5.41, 5.74) is 1.56. The zero-order valence-electron chi connectivity index (χ0n) is 14.1. The fourth-order valence-electron chi connectivity index (χ4n) is 2.54. The van der Waals surface area contributed by atoms with Crippen LogP contribution >= 0.6 is 0 Å². The highest BCUT2D eigenvalue weighted by Crippen LogP contribution is 2.23. The Kier molecular flexibility index (Phi) is 6.70. The minimum Gasteiger partial charge on any atom is -0.310 e. The molecule has 0 aromatic heterocycles. The van der Waals surface area contributed by atoms with Crippen molar-refractivity contribution in [3.8, 4) is 0 Å². The summed E-state index contributed by atoms with van der Waals surface area (Å²) >= 11 is 0. The molecule has 0 bridgehead atoms. The maximum atomic E-state index is 3.67. The molecule has 1 atom stereocenters. The first-order chi connectivity index (χ1) is 9.35. The van der Waals surface area contributed by atoms with Crippen LogP contribution in [0.3, 0.4) is 0 Å². The lowest BCUT2D eigenvalue weighted by Crippen LogP contribution is -2.45. The second-order valence-electron chi connectivity index (χ2n) is 6.89. The number of hydrogen-bond donors (Lipinski definition) is 1. The molecule has 0 fully saturated rings. The Morgan fingerprint density at radius 3 is 2.15 bits per heavy atom. The summed E-state index contributed by atoms with van der Waals surface area (Å²) in [7, 11) is 0. The molecule has 0 amide bonds. The van der Waals surface area contributed by atoms with Crippen LogP contribution in [0.4, 0.5) is 0 Å². The molecule has 1 aromatic carbocycles. The third-order valence-electron chi connectivity index (χ3n) is 3.56. The van der Waals surface area contributed by atoms with E-state index in [1.54, 1.807) is 0 Å². The number of nitrogens with one attached hydrogen (secondary N) is 1. The minimum absolute atomic E-state index is 0.155. The predicted octanol–water partition coefficient (Wildman–Crippen LogP) is 4.24. The van der Waals surface area contributed by atoms with Gasteiger partial charge in [0.2, 0.25) is 0 Å². The molecule has 1 unspecified atom stereocenters. The van der Waals surface area contributed by atoms with E-state index in [2.05, 4.69) is 82.1 Å². The highest BCUT2D eigenvalue weighted by molar-refractivity contribution is 5.19. The fourth-order valence-corrected chi connectivity index (χ4v) is 2.54. The first-order valence-electron chi connectivity index (χ1n) is 7.91. The molecule has 20 heavy (non-hydrogen) atoms. The van der Waals surface area contributed by atoms with Crippen molar-refractivity contribution in [1.29, 1.82) is 0 Å². The van der Waals surface area contributed by atoms with Crippen LogP contribution < -0.4 is 5.32 Å². The summed E-state index contributed by atoms with van der Waals surface area (Å²) in [6.07, 6.45) is 1.19. The van der Waals surface area contributed by atoms with E-state index in [0.29, 0.717) is 12.1 Å². The molecule has 1 N–H and O–H groups in total. The Morgan fingerprint density at radius 2 is 1.70 bits per heavy atom. The van der Waals surface area contributed by atoms with Gasteiger partial charge in [0.25, 0.3) is 0 Å². The molecule has 0 aliphatic carbocycles. The van der Waals surface area contributed by atoms with E-state index in [4.69, 9.17) is 0 Å². The van der Waals surface area contributed by atoms with Crippen LogP contribution in [0, 0.1) is 0 Å². The molecule has 0 radical (unpaired) electrons. The van der Waals surface area contributed by atoms with Gasteiger partial charge in [0.05, 0.1) is 0 Å². The fraction of sp³-hybridized carbons (Fsp3) is 0.667. The first kappa shape index (κ1) is 17.2. The van der Waals surface area contributed by atoms with Crippen molar-refractivity contribution in [3.63, 3.8) is 0 Å². The number of hydrogen-bond acceptors (Lipinski definition) is 2. The van der Waals surface area contributed by atoms with Gasteiger partial charge in [0, 0.05) is 24.2 Å². The summed E-state index contributed by atoms with van der Waals surface area (Å²) in [5, 5.41) is 3.67. The molecule has 1 aromatic rings. The molecule has 0 aliphatic heterocycles. The average molecular weight is 276 g/mol. The molecule has 1 rings (SSSR count). The lowest BCUT2D eigenvalue weighted by atomic mass is 10.0. The van der Waals surface area contributed by atoms with Crippen molar-refractivity contribution >= 4 is 0 Å². The Hall–Kier alpha value is -0.860. The molecule has 0 saturated heterocycles. The Bertz CT molecular complexity index is 365. The third-order valence-corrected chi connectivity index (χ3v) is 3.56. The van der Waals surface area contributed by atoms with Gasteiger partial charge in [-0.1, -0.05) is 37.3 Å². The lowest BCUT2D eigenvalue weighted by Gasteiger charge is -2.37. The van der Waals surface area contributed by atoms with Crippen LogP contribution in [0.25, 0.3) is 0 Å². The van der Waals surface area contributed by atoms with E-state index in [9.17, 15) is 0 Å². The predicted molar refractivity (Wildman–Crippen MR) is 89.1 cm³/mol. The summed E-state index contributed by atoms with van der Waals surface area (Å²) in [4.78, 5) is 2.61. The van der Waals surface area contributed by atoms with Crippen LogP contribution in [0.5, 0.6) is 0 Å². The maximum Gasteiger partial charge on any atom is 0.0475 e. The van der Waals surface area contributed by atoms with Gasteiger partial charge in [-0.3, -0.25) is 4.90 Å². The largest absolute Gasteiger partial charge is 0.310 e. The second kappa shape index (κ2) is 7.80. The molecule has 0 spiro atoms. The van der Waals surface area contributed by atoms with Gasteiger partial charge < -0.3 is 5.32 Å². The molecular weight excluding hydrogens is 244 g/mol. The third kappa shape index (κ3) is 5.64. The first-order valence-corrected chi connectivity index (χ1v) is 7.91. The van der Waals surface area contributed by atoms with Crippen molar-refractivity contribution in [2.24, 2.45) is 0 Å². The van der Waals surface area contributed by atoms with Gasteiger partial charge in [-0.2, -0.15) is 0 Å². The minimum atomic E-state index is 0.155.